The topological polar surface area (TPSA) is 71.2 Å². The Bertz CT molecular complexity index is 378. The van der Waals surface area contributed by atoms with Gasteiger partial charge in [0.05, 0.1) is 5.41 Å². The van der Waals surface area contributed by atoms with Crippen molar-refractivity contribution < 1.29 is 4.79 Å². The summed E-state index contributed by atoms with van der Waals surface area (Å²) in [7, 11) is 1.99. The Labute approximate surface area is 108 Å². The van der Waals surface area contributed by atoms with E-state index in [1.165, 1.54) is 0 Å². The molecule has 0 fully saturated rings. The maximum absolute atomic E-state index is 11.6. The van der Waals surface area contributed by atoms with Crippen LogP contribution >= 0.6 is 0 Å². The summed E-state index contributed by atoms with van der Waals surface area (Å²) in [5.41, 5.74) is 2.77. The van der Waals surface area contributed by atoms with E-state index >= 15 is 0 Å². The maximum atomic E-state index is 11.6. The van der Waals surface area contributed by atoms with Crippen molar-refractivity contribution in [2.75, 3.05) is 20.1 Å². The summed E-state index contributed by atoms with van der Waals surface area (Å²) >= 11 is 0. The zero-order valence-electron chi connectivity index (χ0n) is 11.3. The third-order valence-electron chi connectivity index (χ3n) is 2.89. The standard InChI is InChI=1S/C13H22N4O/c1-13(2,12(18)16-14)10-17(3)9-7-11-6-4-5-8-15-11/h4-6,8H,7,9-10,14H2,1-3H3,(H,16,18). The summed E-state index contributed by atoms with van der Waals surface area (Å²) in [6.45, 7) is 5.28. The van der Waals surface area contributed by atoms with Crippen LogP contribution in [0.4, 0.5) is 0 Å². The van der Waals surface area contributed by atoms with Crippen molar-refractivity contribution in [1.82, 2.24) is 15.3 Å². The number of nitrogens with one attached hydrogen (secondary N) is 1. The first kappa shape index (κ1) is 14.6. The van der Waals surface area contributed by atoms with Gasteiger partial charge in [-0.2, -0.15) is 0 Å². The van der Waals surface area contributed by atoms with Crippen LogP contribution in [0.25, 0.3) is 0 Å². The van der Waals surface area contributed by atoms with E-state index in [-0.39, 0.29) is 5.91 Å². The second-order valence-corrected chi connectivity index (χ2v) is 5.17. The number of carbonyl (C=O) groups excluding carboxylic acids is 1. The predicted molar refractivity (Wildman–Crippen MR) is 71.5 cm³/mol. The molecule has 0 bridgehead atoms. The van der Waals surface area contributed by atoms with Crippen LogP contribution in [-0.4, -0.2) is 35.9 Å². The molecule has 1 amide bonds. The maximum Gasteiger partial charge on any atom is 0.240 e. The molecule has 1 rings (SSSR count). The molecule has 1 aromatic rings. The molecule has 1 aromatic heterocycles. The van der Waals surface area contributed by atoms with Crippen molar-refractivity contribution in [3.05, 3.63) is 30.1 Å². The van der Waals surface area contributed by atoms with Gasteiger partial charge in [0.25, 0.3) is 0 Å². The molecule has 0 aliphatic carbocycles. The average Bonchev–Trinajstić information content (AvgIpc) is 2.36. The molecule has 0 saturated carbocycles. The lowest BCUT2D eigenvalue weighted by atomic mass is 9.92. The number of hydrogen-bond donors (Lipinski definition) is 2. The minimum Gasteiger partial charge on any atom is -0.305 e. The van der Waals surface area contributed by atoms with Crippen LogP contribution < -0.4 is 11.3 Å². The minimum atomic E-state index is -0.492. The average molecular weight is 250 g/mol. The number of hydrazine groups is 1. The van der Waals surface area contributed by atoms with Crippen molar-refractivity contribution >= 4 is 5.91 Å². The number of nitrogens with two attached hydrogens (primary N) is 1. The molecule has 0 aliphatic rings. The second-order valence-electron chi connectivity index (χ2n) is 5.17. The lowest BCUT2D eigenvalue weighted by molar-refractivity contribution is -0.130. The van der Waals surface area contributed by atoms with Crippen LogP contribution in [-0.2, 0) is 11.2 Å². The third kappa shape index (κ3) is 4.43. The van der Waals surface area contributed by atoms with E-state index in [0.717, 1.165) is 18.7 Å². The molecule has 18 heavy (non-hydrogen) atoms. The van der Waals surface area contributed by atoms with Gasteiger partial charge in [0.2, 0.25) is 5.91 Å². The molecule has 3 N–H and O–H groups in total. The Morgan fingerprint density at radius 1 is 1.50 bits per heavy atom. The van der Waals surface area contributed by atoms with E-state index in [4.69, 9.17) is 5.84 Å². The van der Waals surface area contributed by atoms with Gasteiger partial charge in [-0.05, 0) is 33.0 Å². The fourth-order valence-corrected chi connectivity index (χ4v) is 1.87. The smallest absolute Gasteiger partial charge is 0.240 e. The highest BCUT2D eigenvalue weighted by atomic mass is 16.2. The van der Waals surface area contributed by atoms with Gasteiger partial charge in [0.15, 0.2) is 0 Å². The Morgan fingerprint density at radius 2 is 2.22 bits per heavy atom. The fraction of sp³-hybridized carbons (Fsp3) is 0.538. The first-order valence-corrected chi connectivity index (χ1v) is 6.05. The van der Waals surface area contributed by atoms with Gasteiger partial charge >= 0.3 is 0 Å². The number of likely N-dealkylation sites (N-methyl/N-ethyl adjacent to an activating group) is 1. The molecule has 5 nitrogen and oxygen atoms in total. The molecule has 0 saturated heterocycles. The number of nitrogens with zero attached hydrogens (tertiary/aromatic N) is 2. The quantitative estimate of drug-likeness (QED) is 0.440. The van der Waals surface area contributed by atoms with Gasteiger partial charge in [0, 0.05) is 31.4 Å². The monoisotopic (exact) mass is 250 g/mol. The zero-order chi connectivity index (χ0) is 13.6. The summed E-state index contributed by atoms with van der Waals surface area (Å²) in [6.07, 6.45) is 2.67. The summed E-state index contributed by atoms with van der Waals surface area (Å²) in [5.74, 6) is 5.02. The molecule has 0 unspecified atom stereocenters. The molecule has 0 aromatic carbocycles. The second kappa shape index (κ2) is 6.47. The van der Waals surface area contributed by atoms with Crippen molar-refractivity contribution in [3.8, 4) is 0 Å². The molecular weight excluding hydrogens is 228 g/mol. The zero-order valence-corrected chi connectivity index (χ0v) is 11.3. The normalized spacial score (nSPS) is 11.6. The fourth-order valence-electron chi connectivity index (χ4n) is 1.87. The van der Waals surface area contributed by atoms with Gasteiger partial charge in [-0.15, -0.1) is 0 Å². The van der Waals surface area contributed by atoms with Crippen molar-refractivity contribution in [1.29, 1.82) is 0 Å². The number of pyridine rings is 1. The van der Waals surface area contributed by atoms with E-state index in [9.17, 15) is 4.79 Å². The molecule has 0 aliphatic heterocycles. The summed E-state index contributed by atoms with van der Waals surface area (Å²) in [5, 5.41) is 0. The summed E-state index contributed by atoms with van der Waals surface area (Å²) < 4.78 is 0. The molecule has 5 heteroatoms. The predicted octanol–water partition coefficient (Wildman–Crippen LogP) is 0.572. The van der Waals surface area contributed by atoms with E-state index in [1.54, 1.807) is 6.20 Å². The Kier molecular flexibility index (Phi) is 5.25. The van der Waals surface area contributed by atoms with Crippen molar-refractivity contribution in [3.63, 3.8) is 0 Å². The van der Waals surface area contributed by atoms with Gasteiger partial charge in [0.1, 0.15) is 0 Å². The highest BCUT2D eigenvalue weighted by Crippen LogP contribution is 2.16. The lowest BCUT2D eigenvalue weighted by Crippen LogP contribution is -2.46. The van der Waals surface area contributed by atoms with Crippen LogP contribution in [0.15, 0.2) is 24.4 Å². The molecule has 0 spiro atoms. The largest absolute Gasteiger partial charge is 0.305 e. The van der Waals surface area contributed by atoms with Gasteiger partial charge < -0.3 is 4.90 Å². The van der Waals surface area contributed by atoms with Crippen molar-refractivity contribution in [2.24, 2.45) is 11.3 Å². The van der Waals surface area contributed by atoms with E-state index in [2.05, 4.69) is 15.3 Å². The SMILES string of the molecule is CN(CCc1ccccn1)CC(C)(C)C(=O)NN. The molecule has 0 atom stereocenters. The Balaban J connectivity index is 2.42. The third-order valence-corrected chi connectivity index (χ3v) is 2.89. The highest BCUT2D eigenvalue weighted by Gasteiger charge is 2.28. The number of amides is 1. The Morgan fingerprint density at radius 3 is 2.78 bits per heavy atom. The molecular formula is C13H22N4O. The lowest BCUT2D eigenvalue weighted by Gasteiger charge is -2.28. The van der Waals surface area contributed by atoms with E-state index in [1.807, 2.05) is 39.1 Å². The molecule has 100 valence electrons. The van der Waals surface area contributed by atoms with Crippen LogP contribution in [0, 0.1) is 5.41 Å². The Hall–Kier alpha value is -1.46. The highest BCUT2D eigenvalue weighted by molar-refractivity contribution is 5.81. The minimum absolute atomic E-state index is 0.146. The molecule has 1 heterocycles. The molecule has 0 radical (unpaired) electrons. The van der Waals surface area contributed by atoms with Crippen molar-refractivity contribution in [2.45, 2.75) is 20.3 Å². The number of hydrogen-bond acceptors (Lipinski definition) is 4. The number of rotatable bonds is 6. The number of aromatic nitrogens is 1. The van der Waals surface area contributed by atoms with Crippen LogP contribution in [0.5, 0.6) is 0 Å². The summed E-state index contributed by atoms with van der Waals surface area (Å²) in [4.78, 5) is 18.0. The van der Waals surface area contributed by atoms with Crippen LogP contribution in [0.3, 0.4) is 0 Å². The first-order chi connectivity index (χ1) is 8.45. The van der Waals surface area contributed by atoms with Gasteiger partial charge in [-0.1, -0.05) is 6.07 Å². The number of carbonyl (C=O) groups is 1. The first-order valence-electron chi connectivity index (χ1n) is 6.05. The van der Waals surface area contributed by atoms with E-state index < -0.39 is 5.41 Å². The van der Waals surface area contributed by atoms with Crippen LogP contribution in [0.1, 0.15) is 19.5 Å². The van der Waals surface area contributed by atoms with Gasteiger partial charge in [-0.3, -0.25) is 15.2 Å². The van der Waals surface area contributed by atoms with Crippen LogP contribution in [0.2, 0.25) is 0 Å². The summed E-state index contributed by atoms with van der Waals surface area (Å²) in [6, 6.07) is 5.89. The van der Waals surface area contributed by atoms with Gasteiger partial charge in [-0.25, -0.2) is 5.84 Å². The van der Waals surface area contributed by atoms with E-state index in [0.29, 0.717) is 6.54 Å².